The van der Waals surface area contributed by atoms with Gasteiger partial charge in [-0.1, -0.05) is 18.2 Å². The van der Waals surface area contributed by atoms with Crippen LogP contribution in [0.4, 0.5) is 0 Å². The van der Waals surface area contributed by atoms with Gasteiger partial charge >= 0.3 is 0 Å². The third-order valence-corrected chi connectivity index (χ3v) is 3.07. The van der Waals surface area contributed by atoms with Crippen LogP contribution in [0.25, 0.3) is 0 Å². The molecule has 4 nitrogen and oxygen atoms in total. The van der Waals surface area contributed by atoms with Gasteiger partial charge in [-0.05, 0) is 23.8 Å². The minimum Gasteiger partial charge on any atom is -0.496 e. The first-order valence-corrected chi connectivity index (χ1v) is 6.67. The van der Waals surface area contributed by atoms with Gasteiger partial charge in [0.15, 0.2) is 0 Å². The molecule has 0 saturated heterocycles. The Morgan fingerprint density at radius 3 is 2.80 bits per heavy atom. The Morgan fingerprint density at radius 2 is 2.10 bits per heavy atom. The smallest absolute Gasteiger partial charge is 0.123 e. The average Bonchev–Trinajstić information content (AvgIpc) is 2.52. The van der Waals surface area contributed by atoms with Crippen molar-refractivity contribution in [3.05, 3.63) is 59.4 Å². The standard InChI is InChI=1S/C16H20N2O2/c1-19-16-10-13(5-6-14(16)11-17)12-20-9-7-15-4-2-3-8-18-15/h2-6,8,10H,7,9,11-12,17H2,1H3. The molecule has 0 atom stereocenters. The molecule has 1 heterocycles. The van der Waals surface area contributed by atoms with Gasteiger partial charge in [0.25, 0.3) is 0 Å². The fraction of sp³-hybridized carbons (Fsp3) is 0.312. The number of pyridine rings is 1. The molecule has 4 heteroatoms. The van der Waals surface area contributed by atoms with Gasteiger partial charge in [0.1, 0.15) is 5.75 Å². The molecule has 106 valence electrons. The summed E-state index contributed by atoms with van der Waals surface area (Å²) in [6.07, 6.45) is 2.62. The zero-order valence-corrected chi connectivity index (χ0v) is 11.7. The first kappa shape index (κ1) is 14.5. The highest BCUT2D eigenvalue weighted by Gasteiger charge is 2.03. The van der Waals surface area contributed by atoms with Crippen LogP contribution < -0.4 is 10.5 Å². The van der Waals surface area contributed by atoms with Crippen molar-refractivity contribution in [3.8, 4) is 5.75 Å². The summed E-state index contributed by atoms with van der Waals surface area (Å²) in [6, 6.07) is 11.9. The van der Waals surface area contributed by atoms with E-state index in [0.717, 1.165) is 29.0 Å². The molecule has 0 radical (unpaired) electrons. The molecule has 0 aliphatic heterocycles. The lowest BCUT2D eigenvalue weighted by molar-refractivity contribution is 0.123. The zero-order valence-electron chi connectivity index (χ0n) is 11.7. The molecule has 0 fully saturated rings. The fourth-order valence-electron chi connectivity index (χ4n) is 1.96. The van der Waals surface area contributed by atoms with E-state index < -0.39 is 0 Å². The third-order valence-electron chi connectivity index (χ3n) is 3.07. The minimum absolute atomic E-state index is 0.476. The van der Waals surface area contributed by atoms with Gasteiger partial charge in [0.2, 0.25) is 0 Å². The SMILES string of the molecule is COc1cc(COCCc2ccccn2)ccc1CN. The van der Waals surface area contributed by atoms with E-state index in [0.29, 0.717) is 19.8 Å². The number of nitrogens with two attached hydrogens (primary N) is 1. The van der Waals surface area contributed by atoms with Crippen molar-refractivity contribution < 1.29 is 9.47 Å². The first-order chi connectivity index (χ1) is 9.83. The van der Waals surface area contributed by atoms with Gasteiger partial charge in [-0.15, -0.1) is 0 Å². The Labute approximate surface area is 119 Å². The summed E-state index contributed by atoms with van der Waals surface area (Å²) in [5, 5.41) is 0. The van der Waals surface area contributed by atoms with E-state index in [1.54, 1.807) is 13.3 Å². The molecule has 1 aromatic heterocycles. The average molecular weight is 272 g/mol. The van der Waals surface area contributed by atoms with Crippen molar-refractivity contribution in [3.63, 3.8) is 0 Å². The molecular formula is C16H20N2O2. The van der Waals surface area contributed by atoms with E-state index in [1.807, 2.05) is 36.4 Å². The number of hydrogen-bond acceptors (Lipinski definition) is 4. The summed E-state index contributed by atoms with van der Waals surface area (Å²) in [6.45, 7) is 1.69. The minimum atomic E-state index is 0.476. The van der Waals surface area contributed by atoms with E-state index >= 15 is 0 Å². The van der Waals surface area contributed by atoms with Crippen LogP contribution in [0.5, 0.6) is 5.75 Å². The molecule has 2 aromatic rings. The molecule has 0 saturated carbocycles. The van der Waals surface area contributed by atoms with Crippen LogP contribution in [-0.4, -0.2) is 18.7 Å². The number of rotatable bonds is 7. The number of benzene rings is 1. The first-order valence-electron chi connectivity index (χ1n) is 6.67. The highest BCUT2D eigenvalue weighted by Crippen LogP contribution is 2.20. The Hall–Kier alpha value is -1.91. The quantitative estimate of drug-likeness (QED) is 0.786. The molecule has 0 amide bonds. The highest BCUT2D eigenvalue weighted by atomic mass is 16.5. The normalized spacial score (nSPS) is 10.5. The highest BCUT2D eigenvalue weighted by molar-refractivity contribution is 5.37. The van der Waals surface area contributed by atoms with Gasteiger partial charge in [0.05, 0.1) is 20.3 Å². The molecule has 0 aliphatic rings. The van der Waals surface area contributed by atoms with Gasteiger partial charge in [0, 0.05) is 30.4 Å². The van der Waals surface area contributed by atoms with Crippen LogP contribution in [0.1, 0.15) is 16.8 Å². The van der Waals surface area contributed by atoms with Gasteiger partial charge in [-0.3, -0.25) is 4.98 Å². The van der Waals surface area contributed by atoms with E-state index in [-0.39, 0.29) is 0 Å². The number of nitrogens with zero attached hydrogens (tertiary/aromatic N) is 1. The Bertz CT molecular complexity index is 529. The number of methoxy groups -OCH3 is 1. The molecule has 2 rings (SSSR count). The van der Waals surface area contributed by atoms with Crippen molar-refractivity contribution in [2.75, 3.05) is 13.7 Å². The summed E-state index contributed by atoms with van der Waals surface area (Å²) in [7, 11) is 1.65. The van der Waals surface area contributed by atoms with E-state index in [4.69, 9.17) is 15.2 Å². The predicted octanol–water partition coefficient (Wildman–Crippen LogP) is 2.31. The zero-order chi connectivity index (χ0) is 14.2. The molecule has 1 aromatic carbocycles. The van der Waals surface area contributed by atoms with Gasteiger partial charge in [-0.25, -0.2) is 0 Å². The Morgan fingerprint density at radius 1 is 1.20 bits per heavy atom. The van der Waals surface area contributed by atoms with Crippen molar-refractivity contribution in [1.29, 1.82) is 0 Å². The fourth-order valence-corrected chi connectivity index (χ4v) is 1.96. The molecule has 0 spiro atoms. The van der Waals surface area contributed by atoms with Crippen LogP contribution in [0.2, 0.25) is 0 Å². The second kappa shape index (κ2) is 7.62. The van der Waals surface area contributed by atoms with Crippen LogP contribution in [-0.2, 0) is 24.3 Å². The number of aromatic nitrogens is 1. The largest absolute Gasteiger partial charge is 0.496 e. The molecule has 0 unspecified atom stereocenters. The van der Waals surface area contributed by atoms with E-state index in [2.05, 4.69) is 4.98 Å². The lowest BCUT2D eigenvalue weighted by Crippen LogP contribution is -2.03. The van der Waals surface area contributed by atoms with Crippen molar-refractivity contribution in [2.24, 2.45) is 5.73 Å². The van der Waals surface area contributed by atoms with Crippen LogP contribution in [0.15, 0.2) is 42.6 Å². The maximum absolute atomic E-state index is 5.67. The van der Waals surface area contributed by atoms with Crippen molar-refractivity contribution >= 4 is 0 Å². The van der Waals surface area contributed by atoms with Crippen molar-refractivity contribution in [2.45, 2.75) is 19.6 Å². The molecule has 0 aliphatic carbocycles. The topological polar surface area (TPSA) is 57.4 Å². The maximum Gasteiger partial charge on any atom is 0.123 e. The van der Waals surface area contributed by atoms with Gasteiger partial charge in [-0.2, -0.15) is 0 Å². The summed E-state index contributed by atoms with van der Waals surface area (Å²) >= 11 is 0. The van der Waals surface area contributed by atoms with E-state index in [1.165, 1.54) is 0 Å². The van der Waals surface area contributed by atoms with Crippen molar-refractivity contribution in [1.82, 2.24) is 4.98 Å². The summed E-state index contributed by atoms with van der Waals surface area (Å²) in [5.74, 6) is 0.818. The van der Waals surface area contributed by atoms with Crippen LogP contribution in [0.3, 0.4) is 0 Å². The summed E-state index contributed by atoms with van der Waals surface area (Å²) in [4.78, 5) is 4.26. The molecular weight excluding hydrogens is 252 g/mol. The van der Waals surface area contributed by atoms with Crippen LogP contribution >= 0.6 is 0 Å². The second-order valence-electron chi connectivity index (χ2n) is 4.47. The van der Waals surface area contributed by atoms with Crippen LogP contribution in [0, 0.1) is 0 Å². The summed E-state index contributed by atoms with van der Waals surface area (Å²) in [5.41, 5.74) is 8.78. The van der Waals surface area contributed by atoms with E-state index in [9.17, 15) is 0 Å². The Balaban J connectivity index is 1.82. The Kier molecular flexibility index (Phi) is 5.53. The second-order valence-corrected chi connectivity index (χ2v) is 4.47. The molecule has 20 heavy (non-hydrogen) atoms. The third kappa shape index (κ3) is 4.05. The number of hydrogen-bond donors (Lipinski definition) is 1. The molecule has 0 bridgehead atoms. The lowest BCUT2D eigenvalue weighted by atomic mass is 10.1. The monoisotopic (exact) mass is 272 g/mol. The lowest BCUT2D eigenvalue weighted by Gasteiger charge is -2.09. The summed E-state index contributed by atoms with van der Waals surface area (Å²) < 4.78 is 11.0. The predicted molar refractivity (Wildman–Crippen MR) is 78.5 cm³/mol. The number of ether oxygens (including phenoxy) is 2. The maximum atomic E-state index is 5.67. The van der Waals surface area contributed by atoms with Gasteiger partial charge < -0.3 is 15.2 Å². The molecule has 2 N–H and O–H groups in total.